The molecule has 0 bridgehead atoms. The molecular weight excluding hydrogens is 484 g/mol. The Kier molecular flexibility index (Phi) is 7.80. The summed E-state index contributed by atoms with van der Waals surface area (Å²) in [6.45, 7) is 8.64. The van der Waals surface area contributed by atoms with Gasteiger partial charge in [-0.3, -0.25) is 19.0 Å². The fourth-order valence-electron chi connectivity index (χ4n) is 4.18. The van der Waals surface area contributed by atoms with Gasteiger partial charge in [-0.25, -0.2) is 13.9 Å². The molecule has 2 aromatic heterocycles. The van der Waals surface area contributed by atoms with Crippen LogP contribution in [0.3, 0.4) is 0 Å². The lowest BCUT2D eigenvalue weighted by atomic mass is 10.1. The first-order chi connectivity index (χ1) is 18.1. The number of aryl methyl sites for hydroxylation is 1. The van der Waals surface area contributed by atoms with Gasteiger partial charge in [-0.05, 0) is 48.6 Å². The molecule has 0 saturated heterocycles. The zero-order valence-corrected chi connectivity index (χ0v) is 22.5. The molecule has 1 N–H and O–H groups in total. The molecule has 0 atom stereocenters. The Bertz CT molecular complexity index is 1600. The van der Waals surface area contributed by atoms with Crippen molar-refractivity contribution in [2.45, 2.75) is 47.2 Å². The number of fused-ring (bicyclic) bond motifs is 3. The molecule has 10 nitrogen and oxygen atoms in total. The number of para-hydroxylation sites is 1. The summed E-state index contributed by atoms with van der Waals surface area (Å²) in [4.78, 5) is 54.4. The molecule has 200 valence electrons. The van der Waals surface area contributed by atoms with Crippen LogP contribution >= 0.6 is 0 Å². The lowest BCUT2D eigenvalue weighted by Gasteiger charge is -2.16. The van der Waals surface area contributed by atoms with E-state index in [4.69, 9.17) is 0 Å². The molecule has 38 heavy (non-hydrogen) atoms. The SMILES string of the molecule is CC(C)CCn1c(=O)c2ccc(C(=O)NCC(C)C)cc2n2c(=O)n(CC(=O)N(C)c3ccccc3)nc12. The highest BCUT2D eigenvalue weighted by atomic mass is 16.2. The Balaban J connectivity index is 1.85. The van der Waals surface area contributed by atoms with E-state index in [1.807, 2.05) is 45.9 Å². The van der Waals surface area contributed by atoms with Gasteiger partial charge in [0.05, 0.1) is 10.9 Å². The second kappa shape index (κ2) is 11.0. The van der Waals surface area contributed by atoms with Crippen molar-refractivity contribution in [1.29, 1.82) is 0 Å². The fourth-order valence-corrected chi connectivity index (χ4v) is 4.18. The van der Waals surface area contributed by atoms with Crippen LogP contribution in [0.25, 0.3) is 16.7 Å². The number of benzene rings is 2. The van der Waals surface area contributed by atoms with Gasteiger partial charge in [0.1, 0.15) is 6.54 Å². The lowest BCUT2D eigenvalue weighted by molar-refractivity contribution is -0.119. The van der Waals surface area contributed by atoms with Crippen LogP contribution in [0.5, 0.6) is 0 Å². The third kappa shape index (κ3) is 5.39. The minimum Gasteiger partial charge on any atom is -0.352 e. The number of rotatable bonds is 9. The molecule has 10 heteroatoms. The highest BCUT2D eigenvalue weighted by Crippen LogP contribution is 2.16. The van der Waals surface area contributed by atoms with Crippen molar-refractivity contribution in [2.24, 2.45) is 11.8 Å². The number of nitrogens with zero attached hydrogens (tertiary/aromatic N) is 5. The Labute approximate surface area is 220 Å². The molecule has 0 spiro atoms. The quantitative estimate of drug-likeness (QED) is 0.366. The van der Waals surface area contributed by atoms with Crippen LogP contribution in [-0.4, -0.2) is 44.2 Å². The summed E-state index contributed by atoms with van der Waals surface area (Å²) in [7, 11) is 1.63. The van der Waals surface area contributed by atoms with Crippen molar-refractivity contribution in [1.82, 2.24) is 24.1 Å². The molecule has 2 aromatic carbocycles. The number of aromatic nitrogens is 4. The normalized spacial score (nSPS) is 11.6. The van der Waals surface area contributed by atoms with Gasteiger partial charge in [0, 0.05) is 31.4 Å². The second-order valence-electron chi connectivity index (χ2n) is 10.3. The summed E-state index contributed by atoms with van der Waals surface area (Å²) in [5.41, 5.74) is 0.442. The fraction of sp³-hybridized carbons (Fsp3) is 0.393. The highest BCUT2D eigenvalue weighted by Gasteiger charge is 2.21. The van der Waals surface area contributed by atoms with Crippen LogP contribution in [0.4, 0.5) is 5.69 Å². The maximum Gasteiger partial charge on any atom is 0.352 e. The van der Waals surface area contributed by atoms with Gasteiger partial charge >= 0.3 is 5.69 Å². The highest BCUT2D eigenvalue weighted by molar-refractivity contribution is 5.98. The summed E-state index contributed by atoms with van der Waals surface area (Å²) >= 11 is 0. The van der Waals surface area contributed by atoms with Gasteiger partial charge in [-0.2, -0.15) is 0 Å². The number of hydrogen-bond acceptors (Lipinski definition) is 5. The minimum absolute atomic E-state index is 0.142. The van der Waals surface area contributed by atoms with Gasteiger partial charge in [-0.1, -0.05) is 45.9 Å². The summed E-state index contributed by atoms with van der Waals surface area (Å²) in [6, 6.07) is 13.8. The molecule has 4 rings (SSSR count). The number of hydrogen-bond donors (Lipinski definition) is 1. The molecule has 0 aliphatic rings. The van der Waals surface area contributed by atoms with Crippen LogP contribution in [-0.2, 0) is 17.9 Å². The van der Waals surface area contributed by atoms with E-state index >= 15 is 0 Å². The van der Waals surface area contributed by atoms with Crippen LogP contribution < -0.4 is 21.5 Å². The van der Waals surface area contributed by atoms with Crippen molar-refractivity contribution in [3.63, 3.8) is 0 Å². The maximum atomic E-state index is 13.6. The number of carbonyl (C=O) groups is 2. The Morgan fingerprint density at radius 3 is 2.37 bits per heavy atom. The van der Waals surface area contributed by atoms with Crippen LogP contribution in [0.15, 0.2) is 58.1 Å². The third-order valence-corrected chi connectivity index (χ3v) is 6.44. The van der Waals surface area contributed by atoms with E-state index in [1.54, 1.807) is 31.3 Å². The molecule has 4 aromatic rings. The van der Waals surface area contributed by atoms with Crippen LogP contribution in [0.2, 0.25) is 0 Å². The molecule has 0 aliphatic carbocycles. The third-order valence-electron chi connectivity index (χ3n) is 6.44. The summed E-state index contributed by atoms with van der Waals surface area (Å²) in [5.74, 6) is 0.1000. The first-order valence-corrected chi connectivity index (χ1v) is 12.8. The Morgan fingerprint density at radius 2 is 1.71 bits per heavy atom. The Hall–Kier alpha value is -4.21. The number of nitrogens with one attached hydrogen (secondary N) is 1. The number of carbonyl (C=O) groups excluding carboxylic acids is 2. The number of anilines is 1. The second-order valence-corrected chi connectivity index (χ2v) is 10.3. The summed E-state index contributed by atoms with van der Waals surface area (Å²) in [6.07, 6.45) is 0.702. The smallest absolute Gasteiger partial charge is 0.352 e. The maximum absolute atomic E-state index is 13.6. The monoisotopic (exact) mass is 518 g/mol. The standard InChI is InChI=1S/C28H34N6O4/c1-18(2)13-14-32-26(37)22-12-11-20(25(36)29-16-19(3)4)15-23(22)34-27(32)30-33(28(34)38)17-24(35)31(5)21-9-7-6-8-10-21/h6-12,15,18-19H,13-14,16-17H2,1-5H3,(H,29,36). The number of amides is 2. The van der Waals surface area contributed by atoms with E-state index in [-0.39, 0.29) is 41.1 Å². The van der Waals surface area contributed by atoms with E-state index in [1.165, 1.54) is 19.9 Å². The van der Waals surface area contributed by atoms with E-state index in [9.17, 15) is 19.2 Å². The molecule has 0 unspecified atom stereocenters. The van der Waals surface area contributed by atoms with Crippen molar-refractivity contribution >= 4 is 34.2 Å². The molecule has 2 amide bonds. The molecular formula is C28H34N6O4. The molecule has 0 aliphatic heterocycles. The topological polar surface area (TPSA) is 111 Å². The molecule has 0 fully saturated rings. The van der Waals surface area contributed by atoms with Crippen molar-refractivity contribution in [2.75, 3.05) is 18.5 Å². The summed E-state index contributed by atoms with van der Waals surface area (Å²) in [5, 5.41) is 7.60. The lowest BCUT2D eigenvalue weighted by Crippen LogP contribution is -2.34. The van der Waals surface area contributed by atoms with Gasteiger partial charge in [0.15, 0.2) is 0 Å². The summed E-state index contributed by atoms with van der Waals surface area (Å²) < 4.78 is 3.88. The van der Waals surface area contributed by atoms with Crippen molar-refractivity contribution in [3.05, 3.63) is 74.9 Å². The van der Waals surface area contributed by atoms with Gasteiger partial charge in [0.2, 0.25) is 11.7 Å². The van der Waals surface area contributed by atoms with E-state index in [2.05, 4.69) is 10.4 Å². The number of likely N-dealkylation sites (N-methyl/N-ethyl adjacent to an activating group) is 1. The van der Waals surface area contributed by atoms with E-state index in [0.29, 0.717) is 42.1 Å². The molecule has 0 saturated carbocycles. The largest absolute Gasteiger partial charge is 0.352 e. The zero-order chi connectivity index (χ0) is 27.6. The predicted molar refractivity (Wildman–Crippen MR) is 148 cm³/mol. The minimum atomic E-state index is -0.558. The zero-order valence-electron chi connectivity index (χ0n) is 22.5. The van der Waals surface area contributed by atoms with E-state index < -0.39 is 5.69 Å². The van der Waals surface area contributed by atoms with Crippen LogP contribution in [0, 0.1) is 11.8 Å². The van der Waals surface area contributed by atoms with Crippen molar-refractivity contribution < 1.29 is 9.59 Å². The first-order valence-electron chi connectivity index (χ1n) is 12.8. The van der Waals surface area contributed by atoms with Gasteiger partial charge in [-0.15, -0.1) is 5.10 Å². The van der Waals surface area contributed by atoms with E-state index in [0.717, 1.165) is 4.68 Å². The van der Waals surface area contributed by atoms with Crippen LogP contribution in [0.1, 0.15) is 44.5 Å². The predicted octanol–water partition coefficient (Wildman–Crippen LogP) is 2.91. The van der Waals surface area contributed by atoms with Gasteiger partial charge < -0.3 is 10.2 Å². The van der Waals surface area contributed by atoms with Crippen molar-refractivity contribution in [3.8, 4) is 0 Å². The van der Waals surface area contributed by atoms with Gasteiger partial charge in [0.25, 0.3) is 11.5 Å². The average Bonchev–Trinajstić information content (AvgIpc) is 3.22. The molecule has 2 heterocycles. The Morgan fingerprint density at radius 1 is 1.00 bits per heavy atom. The first kappa shape index (κ1) is 26.8. The average molecular weight is 519 g/mol. The molecule has 0 radical (unpaired) electrons.